The lowest BCUT2D eigenvalue weighted by Crippen LogP contribution is -2.61. The molecular formula is C88H89FN6O16. The summed E-state index contributed by atoms with van der Waals surface area (Å²) in [5, 5.41) is 56.2. The summed E-state index contributed by atoms with van der Waals surface area (Å²) < 4.78 is 23.6. The Bertz CT molecular complexity index is 4710. The highest BCUT2D eigenvalue weighted by atomic mass is 19.1. The van der Waals surface area contributed by atoms with Gasteiger partial charge in [0.15, 0.2) is 17.1 Å². The molecule has 0 aliphatic heterocycles. The molecule has 0 aliphatic carbocycles. The summed E-state index contributed by atoms with van der Waals surface area (Å²) in [7, 11) is 3.09. The van der Waals surface area contributed by atoms with Crippen molar-refractivity contribution in [3.63, 3.8) is 0 Å². The van der Waals surface area contributed by atoms with E-state index in [0.717, 1.165) is 0 Å². The lowest BCUT2D eigenvalue weighted by Gasteiger charge is -2.39. The molecule has 22 nitrogen and oxygen atoms in total. The third kappa shape index (κ3) is 22.7. The first-order valence-corrected chi connectivity index (χ1v) is 35.4. The molecule has 574 valence electrons. The van der Waals surface area contributed by atoms with E-state index in [0.29, 0.717) is 56.4 Å². The van der Waals surface area contributed by atoms with Gasteiger partial charge in [-0.1, -0.05) is 217 Å². The molecule has 0 fully saturated rings. The number of halogens is 1. The van der Waals surface area contributed by atoms with Gasteiger partial charge in [-0.15, -0.1) is 0 Å². The Kier molecular flexibility index (Phi) is 31.2. The van der Waals surface area contributed by atoms with Crippen molar-refractivity contribution in [2.45, 2.75) is 64.6 Å². The van der Waals surface area contributed by atoms with Gasteiger partial charge in [0.2, 0.25) is 17.7 Å². The Morgan fingerprint density at radius 3 is 0.991 bits per heavy atom. The molecule has 10 rings (SSSR count). The van der Waals surface area contributed by atoms with Crippen molar-refractivity contribution in [2.75, 3.05) is 30.2 Å². The van der Waals surface area contributed by atoms with Crippen LogP contribution < -0.4 is 41.4 Å². The molecule has 0 spiro atoms. The number of hydrogen-bond acceptors (Lipinski definition) is 12. The van der Waals surface area contributed by atoms with E-state index >= 15 is 0 Å². The first-order valence-electron chi connectivity index (χ1n) is 35.4. The molecule has 7 atom stereocenters. The maximum absolute atomic E-state index is 13.6. The van der Waals surface area contributed by atoms with Crippen molar-refractivity contribution in [3.8, 4) is 11.5 Å². The minimum absolute atomic E-state index is 0.146. The predicted octanol–water partition coefficient (Wildman–Crippen LogP) is 14.8. The Morgan fingerprint density at radius 2 is 0.658 bits per heavy atom. The monoisotopic (exact) mass is 1500 g/mol. The van der Waals surface area contributed by atoms with Gasteiger partial charge in [-0.05, 0) is 149 Å². The van der Waals surface area contributed by atoms with Crippen LogP contribution in [0, 0.1) is 41.3 Å². The SMILES string of the molecule is CC(C)C(C(=O)Nc1ccc(F)cc1)C(NC(=O)c1ccccc1)(C(=O)O)c1ccccc1.COc1ccc(C(C(=O)O)C(C(=O)Nc2ccccc2)C(C)C)cc1.COc1ccc(NC(=O)C(C(C)C)C(NC(=O)c2ccccc2)(C(=O)O)c2ccccc2)cc1.O=C(NC(C(=O)O)c1ccccc1)c1ccccc1. The average Bonchev–Trinajstić information content (AvgIpc) is 0.757. The highest BCUT2D eigenvalue weighted by molar-refractivity contribution is 6.05. The average molecular weight is 1510 g/mol. The van der Waals surface area contributed by atoms with E-state index in [2.05, 4.69) is 31.9 Å². The van der Waals surface area contributed by atoms with Crippen LogP contribution in [0.25, 0.3) is 0 Å². The third-order valence-corrected chi connectivity index (χ3v) is 18.0. The molecular weight excluding hydrogens is 1420 g/mol. The second kappa shape index (κ2) is 41.0. The summed E-state index contributed by atoms with van der Waals surface area (Å²) in [5.74, 6) is -12.1. The number of ether oxygens (including phenoxy) is 2. The Labute approximate surface area is 643 Å². The zero-order valence-electron chi connectivity index (χ0n) is 62.3. The first-order chi connectivity index (χ1) is 53.2. The van der Waals surface area contributed by atoms with Crippen molar-refractivity contribution in [1.29, 1.82) is 0 Å². The molecule has 111 heavy (non-hydrogen) atoms. The third-order valence-electron chi connectivity index (χ3n) is 18.0. The fourth-order valence-electron chi connectivity index (χ4n) is 12.6. The number of carbonyl (C=O) groups excluding carboxylic acids is 6. The summed E-state index contributed by atoms with van der Waals surface area (Å²) in [6, 6.07) is 76.8. The fraction of sp³-hybridized carbons (Fsp3) is 0.205. The molecule has 0 aromatic heterocycles. The van der Waals surface area contributed by atoms with Crippen LogP contribution >= 0.6 is 0 Å². The lowest BCUT2D eigenvalue weighted by atomic mass is 9.71. The number of rotatable bonds is 28. The number of carbonyl (C=O) groups is 10. The van der Waals surface area contributed by atoms with Gasteiger partial charge in [0.25, 0.3) is 17.7 Å². The number of amides is 6. The molecule has 0 aliphatic rings. The van der Waals surface area contributed by atoms with Gasteiger partial charge >= 0.3 is 23.9 Å². The topological polar surface area (TPSA) is 342 Å². The molecule has 7 unspecified atom stereocenters. The number of nitrogens with one attached hydrogen (secondary N) is 6. The Morgan fingerprint density at radius 1 is 0.342 bits per heavy atom. The summed E-state index contributed by atoms with van der Waals surface area (Å²) in [4.78, 5) is 127. The standard InChI is InChI=1S/C27H28N2O5.C26H25FN2O4.C20H23NO4.C15H13NO3/c1-18(2)23(25(31)28-21-14-16-22(34-3)17-15-21)27(26(32)33,20-12-8-5-9-13-20)29-24(30)19-10-6-4-7-11-19;1-17(2)22(24(31)28-21-15-13-20(27)14-16-21)26(25(32)33,19-11-7-4-8-12-19)29-23(30)18-9-5-3-6-10-18;1-13(2)17(19(22)21-15-7-5-4-6-8-15)18(20(23)24)14-9-11-16(25-3)12-10-14;17-14(12-9-5-2-6-10-12)16-13(15(18)19)11-7-3-1-4-8-11/h4-18,23H,1-3H3,(H,28,31)(H,29,30)(H,32,33);3-17,22H,1-2H3,(H,28,31)(H,29,30)(H,32,33);4-13,17-18H,1-3H3,(H,21,22)(H,23,24);1-10,13H,(H,16,17)(H,18,19). The molecule has 0 heterocycles. The van der Waals surface area contributed by atoms with E-state index in [1.165, 1.54) is 24.3 Å². The zero-order chi connectivity index (χ0) is 80.8. The second-order valence-corrected chi connectivity index (χ2v) is 26.5. The molecule has 0 saturated carbocycles. The van der Waals surface area contributed by atoms with E-state index in [4.69, 9.17) is 9.47 Å². The van der Waals surface area contributed by atoms with Gasteiger partial charge in [-0.25, -0.2) is 18.8 Å². The smallest absolute Gasteiger partial charge is 0.335 e. The molecule has 10 N–H and O–H groups in total. The van der Waals surface area contributed by atoms with E-state index in [9.17, 15) is 72.8 Å². The Hall–Kier alpha value is -13.6. The van der Waals surface area contributed by atoms with Crippen molar-refractivity contribution < 1.29 is 82.2 Å². The van der Waals surface area contributed by atoms with Crippen molar-refractivity contribution in [2.24, 2.45) is 35.5 Å². The molecule has 0 saturated heterocycles. The number of hydrogen-bond donors (Lipinski definition) is 10. The van der Waals surface area contributed by atoms with Gasteiger partial charge in [0, 0.05) is 33.8 Å². The van der Waals surface area contributed by atoms with Gasteiger partial charge in [-0.3, -0.25) is 33.6 Å². The Balaban J connectivity index is 0.000000210. The fourth-order valence-corrected chi connectivity index (χ4v) is 12.6. The largest absolute Gasteiger partial charge is 0.497 e. The maximum atomic E-state index is 13.6. The summed E-state index contributed by atoms with van der Waals surface area (Å²) >= 11 is 0. The highest BCUT2D eigenvalue weighted by Crippen LogP contribution is 2.40. The second-order valence-electron chi connectivity index (χ2n) is 26.5. The van der Waals surface area contributed by atoms with Crippen LogP contribution in [-0.4, -0.2) is 94.0 Å². The van der Waals surface area contributed by atoms with Crippen LogP contribution in [0.5, 0.6) is 11.5 Å². The minimum atomic E-state index is -2.06. The van der Waals surface area contributed by atoms with Crippen LogP contribution in [-0.2, 0) is 44.6 Å². The van der Waals surface area contributed by atoms with Crippen LogP contribution in [0.15, 0.2) is 285 Å². The number of anilines is 3. The van der Waals surface area contributed by atoms with Crippen LogP contribution in [0.3, 0.4) is 0 Å². The van der Waals surface area contributed by atoms with E-state index in [1.54, 1.807) is 285 Å². The minimum Gasteiger partial charge on any atom is -0.497 e. The van der Waals surface area contributed by atoms with Crippen LogP contribution in [0.4, 0.5) is 21.5 Å². The maximum Gasteiger partial charge on any atom is 0.335 e. The van der Waals surface area contributed by atoms with Gasteiger partial charge < -0.3 is 61.8 Å². The van der Waals surface area contributed by atoms with Crippen molar-refractivity contribution in [3.05, 3.63) is 330 Å². The number of carboxylic acids is 4. The lowest BCUT2D eigenvalue weighted by molar-refractivity contribution is -0.152. The zero-order valence-corrected chi connectivity index (χ0v) is 62.3. The summed E-state index contributed by atoms with van der Waals surface area (Å²) in [5.41, 5.74) is 0.0432. The molecule has 10 aromatic rings. The normalized spacial score (nSPS) is 13.1. The number of carboxylic acid groups (broad SMARTS) is 4. The first kappa shape index (κ1) is 84.7. The van der Waals surface area contributed by atoms with Crippen LogP contribution in [0.1, 0.15) is 107 Å². The molecule has 0 radical (unpaired) electrons. The molecule has 10 aromatic carbocycles. The van der Waals surface area contributed by atoms with Crippen molar-refractivity contribution in [1.82, 2.24) is 16.0 Å². The number of methoxy groups -OCH3 is 2. The van der Waals surface area contributed by atoms with Gasteiger partial charge in [0.1, 0.15) is 17.3 Å². The number of aliphatic carboxylic acids is 4. The van der Waals surface area contributed by atoms with E-state index in [1.807, 2.05) is 32.0 Å². The quantitative estimate of drug-likeness (QED) is 0.0218. The van der Waals surface area contributed by atoms with Gasteiger partial charge in [-0.2, -0.15) is 0 Å². The van der Waals surface area contributed by atoms with E-state index in [-0.39, 0.29) is 23.0 Å². The molecule has 6 amide bonds. The van der Waals surface area contributed by atoms with E-state index < -0.39 is 112 Å². The number of para-hydroxylation sites is 1. The predicted molar refractivity (Wildman–Crippen MR) is 420 cm³/mol. The molecule has 0 bridgehead atoms. The van der Waals surface area contributed by atoms with Crippen molar-refractivity contribution >= 4 is 76.4 Å². The molecule has 23 heteroatoms. The summed E-state index contributed by atoms with van der Waals surface area (Å²) in [6.45, 7) is 10.7. The number of benzene rings is 10. The summed E-state index contributed by atoms with van der Waals surface area (Å²) in [6.07, 6.45) is 0. The van der Waals surface area contributed by atoms with Crippen LogP contribution in [0.2, 0.25) is 0 Å². The highest BCUT2D eigenvalue weighted by Gasteiger charge is 2.55. The van der Waals surface area contributed by atoms with Gasteiger partial charge in [0.05, 0.1) is 37.9 Å².